The summed E-state index contributed by atoms with van der Waals surface area (Å²) in [5.41, 5.74) is -0.232. The van der Waals surface area contributed by atoms with Crippen molar-refractivity contribution in [2.24, 2.45) is 56.7 Å². The maximum absolute atomic E-state index is 14.5. The van der Waals surface area contributed by atoms with E-state index >= 15 is 0 Å². The number of fused-ring (bicyclic) bond motifs is 7. The SMILES string of the molecule is COC(=O)CC[C@]12CC[C@@H](C)[C@H](C)[C@H]1[C@H]1C(=O)C=C3[C@@]4(C)C=C(C#N)C(=O)C(C)(C)[C@@H]4CC[C@@]3(C)[C@]1(C)CC2. The molecule has 212 valence electrons. The summed E-state index contributed by atoms with van der Waals surface area (Å²) in [6.45, 7) is 15.6. The molecule has 0 aromatic heterocycles. The van der Waals surface area contributed by atoms with Crippen molar-refractivity contribution in [2.75, 3.05) is 7.11 Å². The van der Waals surface area contributed by atoms with E-state index in [-0.39, 0.29) is 57.1 Å². The number of methoxy groups -OCH3 is 1. The molecule has 5 nitrogen and oxygen atoms in total. The number of allylic oxidation sites excluding steroid dienone is 4. The molecule has 3 saturated carbocycles. The number of carbonyl (C=O) groups excluding carboxylic acids is 3. The number of nitriles is 1. The number of esters is 1. The second-order valence-electron chi connectivity index (χ2n) is 15.1. The second kappa shape index (κ2) is 8.89. The molecular formula is C34H47NO4. The molecule has 0 saturated heterocycles. The van der Waals surface area contributed by atoms with Gasteiger partial charge in [-0.2, -0.15) is 5.26 Å². The summed E-state index contributed by atoms with van der Waals surface area (Å²) in [7, 11) is 1.46. The number of Topliss-reactive ketones (excluding diaryl/α,β-unsaturated/α-hetero) is 1. The van der Waals surface area contributed by atoms with E-state index in [1.165, 1.54) is 7.11 Å². The van der Waals surface area contributed by atoms with Crippen molar-refractivity contribution in [1.82, 2.24) is 0 Å². The molecule has 9 atom stereocenters. The van der Waals surface area contributed by atoms with Crippen LogP contribution in [0.4, 0.5) is 0 Å². The Morgan fingerprint density at radius 1 is 1.05 bits per heavy atom. The van der Waals surface area contributed by atoms with Crippen molar-refractivity contribution < 1.29 is 19.1 Å². The fourth-order valence-corrected chi connectivity index (χ4v) is 10.9. The quantitative estimate of drug-likeness (QED) is 0.364. The molecule has 0 heterocycles. The van der Waals surface area contributed by atoms with Gasteiger partial charge in [-0.3, -0.25) is 14.4 Å². The Balaban J connectivity index is 1.66. The molecule has 0 aromatic carbocycles. The average Bonchev–Trinajstić information content (AvgIpc) is 2.89. The fourth-order valence-electron chi connectivity index (χ4n) is 10.9. The van der Waals surface area contributed by atoms with Crippen molar-refractivity contribution in [3.05, 3.63) is 23.3 Å². The molecule has 0 bridgehead atoms. The average molecular weight is 534 g/mol. The Bertz CT molecular complexity index is 1220. The Labute approximate surface area is 234 Å². The first kappa shape index (κ1) is 28.3. The lowest BCUT2D eigenvalue weighted by atomic mass is 9.33. The molecule has 0 amide bonds. The van der Waals surface area contributed by atoms with Crippen LogP contribution in [0.25, 0.3) is 0 Å². The van der Waals surface area contributed by atoms with Crippen LogP contribution in [0.2, 0.25) is 0 Å². The predicted molar refractivity (Wildman–Crippen MR) is 150 cm³/mol. The van der Waals surface area contributed by atoms with Crippen molar-refractivity contribution in [1.29, 1.82) is 5.26 Å². The summed E-state index contributed by atoms with van der Waals surface area (Å²) in [5.74, 6) is 1.12. The highest BCUT2D eigenvalue weighted by Crippen LogP contribution is 2.75. The molecule has 5 aliphatic rings. The minimum Gasteiger partial charge on any atom is -0.469 e. The summed E-state index contributed by atoms with van der Waals surface area (Å²) in [4.78, 5) is 40.1. The van der Waals surface area contributed by atoms with Gasteiger partial charge in [-0.1, -0.05) is 60.1 Å². The van der Waals surface area contributed by atoms with E-state index in [0.29, 0.717) is 18.3 Å². The summed E-state index contributed by atoms with van der Waals surface area (Å²) >= 11 is 0. The molecule has 3 fully saturated rings. The van der Waals surface area contributed by atoms with Crippen molar-refractivity contribution in [3.8, 4) is 6.07 Å². The third-order valence-electron chi connectivity index (χ3n) is 13.5. The van der Waals surface area contributed by atoms with E-state index in [1.54, 1.807) is 0 Å². The van der Waals surface area contributed by atoms with Crippen LogP contribution in [0.15, 0.2) is 23.3 Å². The molecule has 0 spiro atoms. The minimum atomic E-state index is -0.652. The zero-order chi connectivity index (χ0) is 28.8. The predicted octanol–water partition coefficient (Wildman–Crippen LogP) is 7.02. The van der Waals surface area contributed by atoms with Gasteiger partial charge in [0.05, 0.1) is 12.7 Å². The third kappa shape index (κ3) is 3.58. The zero-order valence-electron chi connectivity index (χ0n) is 25.3. The van der Waals surface area contributed by atoms with Gasteiger partial charge in [0.1, 0.15) is 6.07 Å². The van der Waals surface area contributed by atoms with Gasteiger partial charge in [-0.05, 0) is 90.9 Å². The zero-order valence-corrected chi connectivity index (χ0v) is 25.3. The van der Waals surface area contributed by atoms with E-state index < -0.39 is 10.8 Å². The van der Waals surface area contributed by atoms with Crippen molar-refractivity contribution >= 4 is 17.5 Å². The van der Waals surface area contributed by atoms with Crippen LogP contribution in [0.3, 0.4) is 0 Å². The summed E-state index contributed by atoms with van der Waals surface area (Å²) in [6.07, 6.45) is 11.1. The van der Waals surface area contributed by atoms with E-state index in [9.17, 15) is 19.6 Å². The van der Waals surface area contributed by atoms with E-state index in [1.807, 2.05) is 26.0 Å². The third-order valence-corrected chi connectivity index (χ3v) is 13.5. The monoisotopic (exact) mass is 533 g/mol. The molecule has 0 N–H and O–H groups in total. The fraction of sp³-hybridized carbons (Fsp3) is 0.765. The number of hydrogen-bond acceptors (Lipinski definition) is 5. The lowest BCUT2D eigenvalue weighted by Gasteiger charge is -2.69. The molecule has 0 aromatic rings. The second-order valence-corrected chi connectivity index (χ2v) is 15.1. The molecule has 5 heteroatoms. The normalized spacial score (nSPS) is 46.4. The number of nitrogens with zero attached hydrogens (tertiary/aromatic N) is 1. The smallest absolute Gasteiger partial charge is 0.305 e. The number of hydrogen-bond donors (Lipinski definition) is 0. The van der Waals surface area contributed by atoms with Gasteiger partial charge in [-0.15, -0.1) is 0 Å². The van der Waals surface area contributed by atoms with Crippen molar-refractivity contribution in [3.63, 3.8) is 0 Å². The Morgan fingerprint density at radius 3 is 2.38 bits per heavy atom. The van der Waals surface area contributed by atoms with E-state index in [4.69, 9.17) is 4.74 Å². The van der Waals surface area contributed by atoms with E-state index in [0.717, 1.165) is 50.5 Å². The van der Waals surface area contributed by atoms with Crippen LogP contribution in [0.5, 0.6) is 0 Å². The molecular weight excluding hydrogens is 486 g/mol. The Morgan fingerprint density at radius 2 is 1.74 bits per heavy atom. The van der Waals surface area contributed by atoms with Crippen LogP contribution in [-0.2, 0) is 19.1 Å². The van der Waals surface area contributed by atoms with Gasteiger partial charge in [0.15, 0.2) is 11.6 Å². The van der Waals surface area contributed by atoms with Crippen molar-refractivity contribution in [2.45, 2.75) is 99.8 Å². The van der Waals surface area contributed by atoms with Crippen LogP contribution < -0.4 is 0 Å². The van der Waals surface area contributed by atoms with Gasteiger partial charge in [0.2, 0.25) is 0 Å². The maximum Gasteiger partial charge on any atom is 0.305 e. The molecule has 0 unspecified atom stereocenters. The Hall–Kier alpha value is -2.22. The molecule has 0 radical (unpaired) electrons. The van der Waals surface area contributed by atoms with Crippen LogP contribution in [0.1, 0.15) is 99.8 Å². The summed E-state index contributed by atoms with van der Waals surface area (Å²) in [5, 5.41) is 9.91. The van der Waals surface area contributed by atoms with Crippen LogP contribution in [0, 0.1) is 68.0 Å². The Kier molecular flexibility index (Phi) is 6.45. The first-order chi connectivity index (χ1) is 18.1. The molecule has 0 aliphatic heterocycles. The number of ketones is 2. The van der Waals surface area contributed by atoms with Gasteiger partial charge in [0, 0.05) is 23.2 Å². The maximum atomic E-state index is 14.5. The number of ether oxygens (including phenoxy) is 1. The molecule has 5 aliphatic carbocycles. The van der Waals surface area contributed by atoms with Gasteiger partial charge in [0.25, 0.3) is 0 Å². The minimum absolute atomic E-state index is 0.0180. The van der Waals surface area contributed by atoms with Crippen LogP contribution >= 0.6 is 0 Å². The highest BCUT2D eigenvalue weighted by molar-refractivity contribution is 6.04. The summed E-state index contributed by atoms with van der Waals surface area (Å²) < 4.78 is 5.04. The van der Waals surface area contributed by atoms with E-state index in [2.05, 4.69) is 40.7 Å². The first-order valence-electron chi connectivity index (χ1n) is 15.1. The molecule has 5 rings (SSSR count). The highest BCUT2D eigenvalue weighted by atomic mass is 16.5. The lowest BCUT2D eigenvalue weighted by Crippen LogP contribution is -2.65. The van der Waals surface area contributed by atoms with Gasteiger partial charge >= 0.3 is 5.97 Å². The lowest BCUT2D eigenvalue weighted by molar-refractivity contribution is -0.179. The van der Waals surface area contributed by atoms with Crippen LogP contribution in [-0.4, -0.2) is 24.6 Å². The molecule has 39 heavy (non-hydrogen) atoms. The number of rotatable bonds is 3. The largest absolute Gasteiger partial charge is 0.469 e. The highest BCUT2D eigenvalue weighted by Gasteiger charge is 2.70. The standard InChI is InChI=1S/C34H47NO4/c1-20-9-13-34(14-11-26(37)39-8)16-15-33(7)28(27(34)21(20)2)23(36)17-25-31(5)18-22(19-35)29(38)30(3,4)24(31)10-12-32(25,33)6/h17-18,20-21,24,27-28H,9-16H2,1-8H3/t20-,21+,24+,27+,28-,31+,32-,33-,34+/m1/s1. The van der Waals surface area contributed by atoms with Gasteiger partial charge in [-0.25, -0.2) is 0 Å². The van der Waals surface area contributed by atoms with Gasteiger partial charge < -0.3 is 4.74 Å². The first-order valence-corrected chi connectivity index (χ1v) is 15.1. The summed E-state index contributed by atoms with van der Waals surface area (Å²) in [6, 6.07) is 2.20. The topological polar surface area (TPSA) is 84.2 Å². The number of carbonyl (C=O) groups is 3.